The first-order chi connectivity index (χ1) is 7.47. The number of hydrogen-bond acceptors (Lipinski definition) is 5. The number of aromatic nitrogens is 1. The molecule has 88 valence electrons. The van der Waals surface area contributed by atoms with Gasteiger partial charge in [0.15, 0.2) is 11.7 Å². The maximum Gasteiger partial charge on any atom is 0.261 e. The summed E-state index contributed by atoms with van der Waals surface area (Å²) in [5.74, 6) is -1.32. The first-order valence-electron chi connectivity index (χ1n) is 4.04. The number of halogens is 1. The Morgan fingerprint density at radius 2 is 2.38 bits per heavy atom. The predicted octanol–water partition coefficient (Wildman–Crippen LogP) is -0.755. The molecule has 0 spiro atoms. The molecule has 1 aromatic heterocycles. The molecular formula is C7H9FN4O3S. The molecular weight excluding hydrogens is 239 g/mol. The highest BCUT2D eigenvalue weighted by Gasteiger charge is 2.20. The molecule has 9 heteroatoms. The van der Waals surface area contributed by atoms with Crippen LogP contribution in [0.4, 0.5) is 4.39 Å². The number of sulfonamides is 1. The van der Waals surface area contributed by atoms with Crippen LogP contribution in [0.2, 0.25) is 0 Å². The molecule has 0 atom stereocenters. The van der Waals surface area contributed by atoms with E-state index in [1.807, 2.05) is 4.72 Å². The normalized spacial score (nSPS) is 12.7. The quantitative estimate of drug-likeness (QED) is 0.280. The zero-order valence-electron chi connectivity index (χ0n) is 7.96. The van der Waals surface area contributed by atoms with Crippen molar-refractivity contribution in [3.05, 3.63) is 24.1 Å². The van der Waals surface area contributed by atoms with Crippen molar-refractivity contribution in [2.75, 3.05) is 6.54 Å². The van der Waals surface area contributed by atoms with Crippen molar-refractivity contribution >= 4 is 15.9 Å². The zero-order chi connectivity index (χ0) is 12.2. The van der Waals surface area contributed by atoms with Gasteiger partial charge in [0.05, 0.1) is 6.54 Å². The topological polar surface area (TPSA) is 118 Å². The lowest BCUT2D eigenvalue weighted by Crippen LogP contribution is -2.34. The van der Waals surface area contributed by atoms with Gasteiger partial charge in [-0.3, -0.25) is 0 Å². The zero-order valence-corrected chi connectivity index (χ0v) is 8.78. The summed E-state index contributed by atoms with van der Waals surface area (Å²) in [6.45, 7) is -0.436. The molecule has 0 saturated carbocycles. The highest BCUT2D eigenvalue weighted by Crippen LogP contribution is 2.08. The third-order valence-electron chi connectivity index (χ3n) is 1.55. The predicted molar refractivity (Wildman–Crippen MR) is 52.8 cm³/mol. The van der Waals surface area contributed by atoms with E-state index in [0.717, 1.165) is 12.3 Å². The van der Waals surface area contributed by atoms with Crippen molar-refractivity contribution < 1.29 is 18.0 Å². The maximum absolute atomic E-state index is 13.1. The van der Waals surface area contributed by atoms with Crippen molar-refractivity contribution in [3.63, 3.8) is 0 Å². The Labute approximate surface area is 90.8 Å². The minimum atomic E-state index is -4.10. The molecule has 0 radical (unpaired) electrons. The number of nitrogens with two attached hydrogens (primary N) is 1. The fraction of sp³-hybridized carbons (Fsp3) is 0.143. The summed E-state index contributed by atoms with van der Waals surface area (Å²) in [6, 6.07) is 2.23. The van der Waals surface area contributed by atoms with Gasteiger partial charge < -0.3 is 10.9 Å². The van der Waals surface area contributed by atoms with Gasteiger partial charge in [0.2, 0.25) is 5.03 Å². The number of nitrogens with zero attached hydrogens (tertiary/aromatic N) is 2. The van der Waals surface area contributed by atoms with Crippen LogP contribution in [-0.4, -0.2) is 31.0 Å². The lowest BCUT2D eigenvalue weighted by atomic mass is 10.5. The van der Waals surface area contributed by atoms with Crippen molar-refractivity contribution in [1.29, 1.82) is 0 Å². The second-order valence-electron chi connectivity index (χ2n) is 2.71. The number of nitrogens with one attached hydrogen (secondary N) is 1. The maximum atomic E-state index is 13.1. The number of rotatable bonds is 4. The first kappa shape index (κ1) is 12.3. The molecule has 0 aromatic carbocycles. The van der Waals surface area contributed by atoms with Gasteiger partial charge in [-0.25, -0.2) is 22.5 Å². The fourth-order valence-electron chi connectivity index (χ4n) is 0.842. The second kappa shape index (κ2) is 4.86. The monoisotopic (exact) mass is 248 g/mol. The van der Waals surface area contributed by atoms with E-state index in [2.05, 4.69) is 10.1 Å². The lowest BCUT2D eigenvalue weighted by Gasteiger charge is -2.05. The molecule has 0 fully saturated rings. The Kier molecular flexibility index (Phi) is 3.74. The molecule has 0 amide bonds. The van der Waals surface area contributed by atoms with Crippen LogP contribution in [0.25, 0.3) is 0 Å². The van der Waals surface area contributed by atoms with E-state index in [1.54, 1.807) is 0 Å². The molecule has 1 heterocycles. The van der Waals surface area contributed by atoms with Crippen LogP contribution in [0.15, 0.2) is 28.5 Å². The molecule has 0 aliphatic heterocycles. The summed E-state index contributed by atoms with van der Waals surface area (Å²) in [6.07, 6.45) is 1.14. The minimum Gasteiger partial charge on any atom is -0.409 e. The Morgan fingerprint density at radius 1 is 1.69 bits per heavy atom. The summed E-state index contributed by atoms with van der Waals surface area (Å²) in [5, 5.41) is 10.0. The molecule has 4 N–H and O–H groups in total. The average Bonchev–Trinajstić information content (AvgIpc) is 2.26. The molecule has 16 heavy (non-hydrogen) atoms. The summed E-state index contributed by atoms with van der Waals surface area (Å²) < 4.78 is 38.0. The Balaban J connectivity index is 2.91. The molecule has 0 bridgehead atoms. The summed E-state index contributed by atoms with van der Waals surface area (Å²) >= 11 is 0. The largest absolute Gasteiger partial charge is 0.409 e. The Hall–Kier alpha value is -1.74. The van der Waals surface area contributed by atoms with Gasteiger partial charge in [-0.05, 0) is 12.1 Å². The number of amidine groups is 1. The van der Waals surface area contributed by atoms with Gasteiger partial charge in [-0.15, -0.1) is 0 Å². The first-order valence-corrected chi connectivity index (χ1v) is 5.52. The van der Waals surface area contributed by atoms with Crippen LogP contribution in [0, 0.1) is 5.82 Å². The van der Waals surface area contributed by atoms with Crippen LogP contribution < -0.4 is 10.5 Å². The molecule has 0 aliphatic rings. The number of hydrogen-bond donors (Lipinski definition) is 3. The van der Waals surface area contributed by atoms with Crippen molar-refractivity contribution in [1.82, 2.24) is 9.71 Å². The van der Waals surface area contributed by atoms with Gasteiger partial charge in [0, 0.05) is 6.20 Å². The third-order valence-corrected chi connectivity index (χ3v) is 2.88. The number of oxime groups is 1. The van der Waals surface area contributed by atoms with Gasteiger partial charge in [0.25, 0.3) is 10.0 Å². The average molecular weight is 248 g/mol. The van der Waals surface area contributed by atoms with Gasteiger partial charge in [-0.1, -0.05) is 5.16 Å². The van der Waals surface area contributed by atoms with E-state index in [1.165, 1.54) is 6.07 Å². The molecule has 7 nitrogen and oxygen atoms in total. The van der Waals surface area contributed by atoms with Crippen LogP contribution in [0.5, 0.6) is 0 Å². The minimum absolute atomic E-state index is 0.347. The van der Waals surface area contributed by atoms with Gasteiger partial charge >= 0.3 is 0 Å². The van der Waals surface area contributed by atoms with Crippen molar-refractivity contribution in [2.24, 2.45) is 10.9 Å². The van der Waals surface area contributed by atoms with Crippen LogP contribution in [0.3, 0.4) is 0 Å². The van der Waals surface area contributed by atoms with Gasteiger partial charge in [0.1, 0.15) is 0 Å². The van der Waals surface area contributed by atoms with E-state index in [0.29, 0.717) is 0 Å². The Morgan fingerprint density at radius 3 is 2.94 bits per heavy atom. The molecule has 0 aliphatic carbocycles. The SMILES string of the molecule is N/C(CNS(=O)(=O)c1ncccc1F)=N/O. The van der Waals surface area contributed by atoms with Crippen molar-refractivity contribution in [2.45, 2.75) is 5.03 Å². The smallest absolute Gasteiger partial charge is 0.261 e. The van der Waals surface area contributed by atoms with Crippen LogP contribution >= 0.6 is 0 Å². The Bertz CT molecular complexity index is 502. The fourth-order valence-corrected chi connectivity index (χ4v) is 1.84. The van der Waals surface area contributed by atoms with E-state index in [9.17, 15) is 12.8 Å². The van der Waals surface area contributed by atoms with E-state index in [4.69, 9.17) is 10.9 Å². The van der Waals surface area contributed by atoms with Crippen molar-refractivity contribution in [3.8, 4) is 0 Å². The van der Waals surface area contributed by atoms with E-state index in [-0.39, 0.29) is 5.84 Å². The van der Waals surface area contributed by atoms with Gasteiger partial charge in [-0.2, -0.15) is 0 Å². The molecule has 1 rings (SSSR count). The highest BCUT2D eigenvalue weighted by atomic mass is 32.2. The van der Waals surface area contributed by atoms with Crippen LogP contribution in [0.1, 0.15) is 0 Å². The second-order valence-corrected chi connectivity index (χ2v) is 4.39. The highest BCUT2D eigenvalue weighted by molar-refractivity contribution is 7.89. The van der Waals surface area contributed by atoms with E-state index >= 15 is 0 Å². The summed E-state index contributed by atoms with van der Waals surface area (Å²) in [7, 11) is -4.10. The molecule has 0 saturated heterocycles. The molecule has 0 unspecified atom stereocenters. The van der Waals surface area contributed by atoms with E-state index < -0.39 is 27.4 Å². The number of pyridine rings is 1. The summed E-state index contributed by atoms with van der Waals surface area (Å²) in [4.78, 5) is 3.39. The lowest BCUT2D eigenvalue weighted by molar-refractivity contribution is 0.317. The standard InChI is InChI=1S/C7H9FN4O3S/c8-5-2-1-3-10-7(5)16(14,15)11-4-6(9)12-13/h1-3,11,13H,4H2,(H2,9,12). The van der Waals surface area contributed by atoms with Crippen LogP contribution in [-0.2, 0) is 10.0 Å². The third kappa shape index (κ3) is 2.87. The molecule has 1 aromatic rings. The summed E-state index contributed by atoms with van der Waals surface area (Å²) in [5.41, 5.74) is 5.06.